The van der Waals surface area contributed by atoms with Crippen molar-refractivity contribution in [2.75, 3.05) is 11.1 Å². The fraction of sp³-hybridized carbons (Fsp3) is 0.154. The average Bonchev–Trinajstić information content (AvgIpc) is 2.30. The molecule has 0 aromatic heterocycles. The lowest BCUT2D eigenvalue weighted by Gasteiger charge is -2.09. The predicted octanol–water partition coefficient (Wildman–Crippen LogP) is 2.77. The van der Waals surface area contributed by atoms with E-state index in [1.54, 1.807) is 0 Å². The number of fused-ring (bicyclic) bond motifs is 1. The maximum Gasteiger partial charge on any atom is 0.224 e. The third kappa shape index (κ3) is 1.84. The Hall–Kier alpha value is -2.03. The molecule has 0 bridgehead atoms. The molecule has 82 valence electrons. The maximum absolute atomic E-state index is 11.4. The molecular formula is C13H14N2O. The number of hydrogen-bond acceptors (Lipinski definition) is 2. The number of rotatable bonds is 2. The third-order valence-electron chi connectivity index (χ3n) is 2.55. The van der Waals surface area contributed by atoms with Gasteiger partial charge in [0, 0.05) is 28.6 Å². The lowest BCUT2D eigenvalue weighted by atomic mass is 10.1. The molecule has 0 aliphatic carbocycles. The van der Waals surface area contributed by atoms with E-state index in [0.29, 0.717) is 6.42 Å². The zero-order valence-corrected chi connectivity index (χ0v) is 9.16. The number of carbonyl (C=O) groups excluding carboxylic acids is 1. The van der Waals surface area contributed by atoms with Gasteiger partial charge >= 0.3 is 0 Å². The van der Waals surface area contributed by atoms with Crippen molar-refractivity contribution in [1.82, 2.24) is 0 Å². The number of nitrogens with one attached hydrogen (secondary N) is 1. The smallest absolute Gasteiger partial charge is 0.224 e. The van der Waals surface area contributed by atoms with Crippen LogP contribution in [-0.2, 0) is 4.79 Å². The average molecular weight is 214 g/mol. The van der Waals surface area contributed by atoms with Crippen LogP contribution in [0.3, 0.4) is 0 Å². The molecule has 2 aromatic rings. The van der Waals surface area contributed by atoms with E-state index in [-0.39, 0.29) is 5.91 Å². The summed E-state index contributed by atoms with van der Waals surface area (Å²) in [6.07, 6.45) is 0.471. The minimum absolute atomic E-state index is 0.00919. The predicted molar refractivity (Wildman–Crippen MR) is 67.3 cm³/mol. The minimum atomic E-state index is 0.00919. The summed E-state index contributed by atoms with van der Waals surface area (Å²) >= 11 is 0. The van der Waals surface area contributed by atoms with Gasteiger partial charge < -0.3 is 11.1 Å². The SMILES string of the molecule is CCC(=O)Nc1cccc2c(N)cccc12. The van der Waals surface area contributed by atoms with Crippen LogP contribution < -0.4 is 11.1 Å². The minimum Gasteiger partial charge on any atom is -0.398 e. The summed E-state index contributed by atoms with van der Waals surface area (Å²) in [6, 6.07) is 11.4. The number of amides is 1. The highest BCUT2D eigenvalue weighted by molar-refractivity contribution is 6.05. The standard InChI is InChI=1S/C13H14N2O/c1-2-13(16)15-12-8-4-5-9-10(12)6-3-7-11(9)14/h3-8H,2,14H2,1H3,(H,15,16). The number of benzene rings is 2. The van der Waals surface area contributed by atoms with E-state index in [1.807, 2.05) is 43.3 Å². The first-order chi connectivity index (χ1) is 7.72. The summed E-state index contributed by atoms with van der Waals surface area (Å²) in [5.41, 5.74) is 7.42. The van der Waals surface area contributed by atoms with Crippen LogP contribution in [0.2, 0.25) is 0 Å². The highest BCUT2D eigenvalue weighted by Gasteiger charge is 2.04. The molecule has 0 aliphatic heterocycles. The molecule has 2 rings (SSSR count). The van der Waals surface area contributed by atoms with Gasteiger partial charge in [0.2, 0.25) is 5.91 Å². The Labute approximate surface area is 94.3 Å². The first-order valence-corrected chi connectivity index (χ1v) is 5.29. The van der Waals surface area contributed by atoms with Crippen LogP contribution in [0.1, 0.15) is 13.3 Å². The molecule has 0 aliphatic rings. The topological polar surface area (TPSA) is 55.1 Å². The lowest BCUT2D eigenvalue weighted by Crippen LogP contribution is -2.09. The van der Waals surface area contributed by atoms with Gasteiger partial charge in [-0.05, 0) is 12.1 Å². The number of carbonyl (C=O) groups is 1. The molecule has 2 aromatic carbocycles. The van der Waals surface area contributed by atoms with E-state index in [9.17, 15) is 4.79 Å². The molecule has 0 radical (unpaired) electrons. The van der Waals surface area contributed by atoms with Gasteiger partial charge in [-0.15, -0.1) is 0 Å². The van der Waals surface area contributed by atoms with E-state index in [4.69, 9.17) is 5.73 Å². The molecule has 3 nitrogen and oxygen atoms in total. The third-order valence-corrected chi connectivity index (χ3v) is 2.55. The Kier molecular flexibility index (Phi) is 2.77. The second-order valence-corrected chi connectivity index (χ2v) is 3.65. The van der Waals surface area contributed by atoms with Crippen molar-refractivity contribution in [3.05, 3.63) is 36.4 Å². The van der Waals surface area contributed by atoms with Crippen LogP contribution in [0.15, 0.2) is 36.4 Å². The quantitative estimate of drug-likeness (QED) is 0.755. The molecule has 0 fully saturated rings. The fourth-order valence-electron chi connectivity index (χ4n) is 1.68. The molecule has 1 amide bonds. The molecule has 0 unspecified atom stereocenters. The Morgan fingerprint density at radius 3 is 2.62 bits per heavy atom. The van der Waals surface area contributed by atoms with Crippen LogP contribution in [-0.4, -0.2) is 5.91 Å². The molecular weight excluding hydrogens is 200 g/mol. The van der Waals surface area contributed by atoms with E-state index in [0.717, 1.165) is 22.1 Å². The summed E-state index contributed by atoms with van der Waals surface area (Å²) < 4.78 is 0. The van der Waals surface area contributed by atoms with Crippen molar-refractivity contribution in [3.8, 4) is 0 Å². The van der Waals surface area contributed by atoms with Crippen LogP contribution in [0.4, 0.5) is 11.4 Å². The molecule has 0 atom stereocenters. The highest BCUT2D eigenvalue weighted by atomic mass is 16.1. The monoisotopic (exact) mass is 214 g/mol. The number of hydrogen-bond donors (Lipinski definition) is 2. The summed E-state index contributed by atoms with van der Waals surface area (Å²) in [7, 11) is 0. The lowest BCUT2D eigenvalue weighted by molar-refractivity contribution is -0.115. The molecule has 0 saturated heterocycles. The van der Waals surface area contributed by atoms with E-state index >= 15 is 0 Å². The Morgan fingerprint density at radius 2 is 1.88 bits per heavy atom. The first kappa shape index (κ1) is 10.5. The van der Waals surface area contributed by atoms with Crippen LogP contribution in [0, 0.1) is 0 Å². The Bertz CT molecular complexity index is 534. The van der Waals surface area contributed by atoms with Gasteiger partial charge in [0.15, 0.2) is 0 Å². The number of nitrogens with two attached hydrogens (primary N) is 1. The van der Waals surface area contributed by atoms with E-state index in [2.05, 4.69) is 5.32 Å². The summed E-state index contributed by atoms with van der Waals surface area (Å²) in [6.45, 7) is 1.83. The van der Waals surface area contributed by atoms with Crippen LogP contribution >= 0.6 is 0 Å². The zero-order chi connectivity index (χ0) is 11.5. The molecule has 0 heterocycles. The van der Waals surface area contributed by atoms with Crippen LogP contribution in [0.5, 0.6) is 0 Å². The van der Waals surface area contributed by atoms with Gasteiger partial charge in [0.1, 0.15) is 0 Å². The summed E-state index contributed by atoms with van der Waals surface area (Å²) in [5.74, 6) is 0.00919. The molecule has 0 spiro atoms. The van der Waals surface area contributed by atoms with Gasteiger partial charge in [-0.3, -0.25) is 4.79 Å². The normalized spacial score (nSPS) is 10.3. The van der Waals surface area contributed by atoms with Gasteiger partial charge in [-0.1, -0.05) is 31.2 Å². The van der Waals surface area contributed by atoms with Crippen LogP contribution in [0.25, 0.3) is 10.8 Å². The summed E-state index contributed by atoms with van der Waals surface area (Å²) in [5, 5.41) is 4.81. The zero-order valence-electron chi connectivity index (χ0n) is 9.16. The van der Waals surface area contributed by atoms with Crippen molar-refractivity contribution >= 4 is 28.1 Å². The second-order valence-electron chi connectivity index (χ2n) is 3.65. The molecule has 16 heavy (non-hydrogen) atoms. The van der Waals surface area contributed by atoms with Crippen molar-refractivity contribution in [3.63, 3.8) is 0 Å². The van der Waals surface area contributed by atoms with Crippen molar-refractivity contribution in [2.45, 2.75) is 13.3 Å². The second kappa shape index (κ2) is 4.23. The Balaban J connectivity index is 2.54. The fourth-order valence-corrected chi connectivity index (χ4v) is 1.68. The van der Waals surface area contributed by atoms with E-state index in [1.165, 1.54) is 0 Å². The molecule has 3 heteroatoms. The first-order valence-electron chi connectivity index (χ1n) is 5.29. The van der Waals surface area contributed by atoms with E-state index < -0.39 is 0 Å². The van der Waals surface area contributed by atoms with Crippen molar-refractivity contribution in [1.29, 1.82) is 0 Å². The van der Waals surface area contributed by atoms with Gasteiger partial charge in [-0.2, -0.15) is 0 Å². The van der Waals surface area contributed by atoms with Crippen molar-refractivity contribution < 1.29 is 4.79 Å². The highest BCUT2D eigenvalue weighted by Crippen LogP contribution is 2.27. The van der Waals surface area contributed by atoms with Gasteiger partial charge in [0.25, 0.3) is 0 Å². The molecule has 0 saturated carbocycles. The molecule has 3 N–H and O–H groups in total. The van der Waals surface area contributed by atoms with Gasteiger partial charge in [-0.25, -0.2) is 0 Å². The summed E-state index contributed by atoms with van der Waals surface area (Å²) in [4.78, 5) is 11.4. The van der Waals surface area contributed by atoms with Gasteiger partial charge in [0.05, 0.1) is 0 Å². The number of anilines is 2. The maximum atomic E-state index is 11.4. The largest absolute Gasteiger partial charge is 0.398 e. The number of nitrogen functional groups attached to an aromatic ring is 1. The van der Waals surface area contributed by atoms with Crippen molar-refractivity contribution in [2.24, 2.45) is 0 Å². The Morgan fingerprint density at radius 1 is 1.19 bits per heavy atom.